The van der Waals surface area contributed by atoms with Crippen molar-refractivity contribution in [2.45, 2.75) is 12.5 Å². The molecule has 0 spiro atoms. The number of carboxylic acid groups (broad SMARTS) is 1. The predicted molar refractivity (Wildman–Crippen MR) is 56.3 cm³/mol. The topological polar surface area (TPSA) is 76.2 Å². The molecule has 1 atom stereocenters. The second-order valence-electron chi connectivity index (χ2n) is 2.73. The van der Waals surface area contributed by atoms with Gasteiger partial charge in [-0.05, 0) is 22.0 Å². The minimum Gasteiger partial charge on any atom is -0.480 e. The van der Waals surface area contributed by atoms with Gasteiger partial charge in [0.05, 0.1) is 10.7 Å². The molecule has 0 saturated heterocycles. The van der Waals surface area contributed by atoms with Gasteiger partial charge in [0, 0.05) is 17.1 Å². The van der Waals surface area contributed by atoms with Crippen LogP contribution in [-0.2, 0) is 11.2 Å². The Kier molecular flexibility index (Phi) is 3.86. The summed E-state index contributed by atoms with van der Waals surface area (Å²) in [5.74, 6) is -1.05. The van der Waals surface area contributed by atoms with E-state index in [1.54, 1.807) is 6.07 Å². The van der Waals surface area contributed by atoms with Crippen LogP contribution in [0.4, 0.5) is 0 Å². The summed E-state index contributed by atoms with van der Waals surface area (Å²) in [6, 6.07) is 0.707. The fourth-order valence-electron chi connectivity index (χ4n) is 0.889. The van der Waals surface area contributed by atoms with Gasteiger partial charge in [-0.15, -0.1) is 0 Å². The Bertz CT molecular complexity index is 359. The number of carboxylic acids is 1. The van der Waals surface area contributed by atoms with Crippen LogP contribution in [0.15, 0.2) is 16.7 Å². The SMILES string of the molecule is N[C@H](Cc1ncc(Cl)cc1Br)C(=O)O. The van der Waals surface area contributed by atoms with Crippen LogP contribution in [0.3, 0.4) is 0 Å². The Labute approximate surface area is 94.2 Å². The zero-order valence-electron chi connectivity index (χ0n) is 7.08. The van der Waals surface area contributed by atoms with Crippen molar-refractivity contribution >= 4 is 33.5 Å². The molecular weight excluding hydrogens is 271 g/mol. The van der Waals surface area contributed by atoms with Gasteiger partial charge in [0.25, 0.3) is 0 Å². The predicted octanol–water partition coefficient (Wildman–Crippen LogP) is 1.45. The molecule has 0 saturated carbocycles. The van der Waals surface area contributed by atoms with E-state index in [-0.39, 0.29) is 6.42 Å². The first-order valence-corrected chi connectivity index (χ1v) is 4.96. The van der Waals surface area contributed by atoms with Gasteiger partial charge < -0.3 is 10.8 Å². The van der Waals surface area contributed by atoms with E-state index < -0.39 is 12.0 Å². The number of aromatic nitrogens is 1. The second-order valence-corrected chi connectivity index (χ2v) is 4.02. The van der Waals surface area contributed by atoms with E-state index in [1.807, 2.05) is 0 Å². The van der Waals surface area contributed by atoms with Crippen LogP contribution < -0.4 is 5.73 Å². The summed E-state index contributed by atoms with van der Waals surface area (Å²) in [5, 5.41) is 9.08. The number of rotatable bonds is 3. The lowest BCUT2D eigenvalue weighted by atomic mass is 10.1. The number of pyridine rings is 1. The lowest BCUT2D eigenvalue weighted by Crippen LogP contribution is -2.32. The largest absolute Gasteiger partial charge is 0.480 e. The van der Waals surface area contributed by atoms with Crippen LogP contribution in [-0.4, -0.2) is 22.1 Å². The van der Waals surface area contributed by atoms with Crippen molar-refractivity contribution in [3.63, 3.8) is 0 Å². The molecular formula is C8H8BrClN2O2. The van der Waals surface area contributed by atoms with E-state index in [2.05, 4.69) is 20.9 Å². The molecule has 0 aliphatic rings. The van der Waals surface area contributed by atoms with Crippen LogP contribution in [0.1, 0.15) is 5.69 Å². The summed E-state index contributed by atoms with van der Waals surface area (Å²) in [6.07, 6.45) is 1.63. The Morgan fingerprint density at radius 2 is 2.43 bits per heavy atom. The molecule has 14 heavy (non-hydrogen) atoms. The van der Waals surface area contributed by atoms with Crippen molar-refractivity contribution in [2.24, 2.45) is 5.73 Å². The van der Waals surface area contributed by atoms with Crippen LogP contribution in [0, 0.1) is 0 Å². The number of aliphatic carboxylic acids is 1. The Morgan fingerprint density at radius 3 is 2.93 bits per heavy atom. The van der Waals surface area contributed by atoms with Crippen LogP contribution in [0.5, 0.6) is 0 Å². The van der Waals surface area contributed by atoms with Gasteiger partial charge in [0.15, 0.2) is 0 Å². The third-order valence-corrected chi connectivity index (χ3v) is 2.51. The van der Waals surface area contributed by atoms with Crippen LogP contribution in [0.2, 0.25) is 5.02 Å². The highest BCUT2D eigenvalue weighted by Crippen LogP contribution is 2.19. The number of carbonyl (C=O) groups is 1. The van der Waals surface area contributed by atoms with E-state index in [4.69, 9.17) is 22.4 Å². The first-order valence-electron chi connectivity index (χ1n) is 3.79. The standard InChI is InChI=1S/C8H8BrClN2O2/c9-5-1-4(10)3-12-7(5)2-6(11)8(13)14/h1,3,6H,2,11H2,(H,13,14)/t6-/m1/s1. The summed E-state index contributed by atoms with van der Waals surface area (Å²) < 4.78 is 0.668. The second kappa shape index (κ2) is 4.72. The molecule has 3 N–H and O–H groups in total. The average Bonchev–Trinajstić information content (AvgIpc) is 2.09. The molecule has 76 valence electrons. The third kappa shape index (κ3) is 2.94. The maximum atomic E-state index is 10.5. The molecule has 0 aliphatic heterocycles. The lowest BCUT2D eigenvalue weighted by molar-refractivity contribution is -0.138. The number of nitrogens with zero attached hydrogens (tertiary/aromatic N) is 1. The van der Waals surface area contributed by atoms with E-state index in [9.17, 15) is 4.79 Å². The van der Waals surface area contributed by atoms with Crippen molar-refractivity contribution in [2.75, 3.05) is 0 Å². The molecule has 0 unspecified atom stereocenters. The molecule has 1 heterocycles. The van der Waals surface area contributed by atoms with E-state index in [0.717, 1.165) is 0 Å². The van der Waals surface area contributed by atoms with Gasteiger partial charge in [-0.25, -0.2) is 0 Å². The Hall–Kier alpha value is -0.650. The first kappa shape index (κ1) is 11.4. The summed E-state index contributed by atoms with van der Waals surface area (Å²) in [4.78, 5) is 14.5. The van der Waals surface area contributed by atoms with Crippen molar-refractivity contribution in [3.05, 3.63) is 27.5 Å². The number of hydrogen-bond donors (Lipinski definition) is 2. The zero-order valence-corrected chi connectivity index (χ0v) is 9.42. The third-order valence-electron chi connectivity index (χ3n) is 1.61. The van der Waals surface area contributed by atoms with E-state index in [0.29, 0.717) is 15.2 Å². The molecule has 0 radical (unpaired) electrons. The molecule has 0 fully saturated rings. The first-order chi connectivity index (χ1) is 6.50. The molecule has 0 amide bonds. The number of halogens is 2. The maximum Gasteiger partial charge on any atom is 0.320 e. The highest BCUT2D eigenvalue weighted by molar-refractivity contribution is 9.10. The summed E-state index contributed by atoms with van der Waals surface area (Å²) in [7, 11) is 0. The van der Waals surface area contributed by atoms with Crippen LogP contribution in [0.25, 0.3) is 0 Å². The van der Waals surface area contributed by atoms with Gasteiger partial charge in [0.2, 0.25) is 0 Å². The number of hydrogen-bond acceptors (Lipinski definition) is 3. The Balaban J connectivity index is 2.82. The summed E-state index contributed by atoms with van der Waals surface area (Å²) >= 11 is 8.91. The quantitative estimate of drug-likeness (QED) is 0.878. The maximum absolute atomic E-state index is 10.5. The lowest BCUT2D eigenvalue weighted by Gasteiger charge is -2.07. The van der Waals surface area contributed by atoms with Gasteiger partial charge in [-0.2, -0.15) is 0 Å². The van der Waals surface area contributed by atoms with Crippen molar-refractivity contribution in [3.8, 4) is 0 Å². The molecule has 0 aliphatic carbocycles. The average molecular weight is 280 g/mol. The fraction of sp³-hybridized carbons (Fsp3) is 0.250. The highest BCUT2D eigenvalue weighted by Gasteiger charge is 2.14. The van der Waals surface area contributed by atoms with E-state index >= 15 is 0 Å². The molecule has 1 aromatic heterocycles. The molecule has 4 nitrogen and oxygen atoms in total. The molecule has 6 heteroatoms. The van der Waals surface area contributed by atoms with Crippen molar-refractivity contribution in [1.82, 2.24) is 4.98 Å². The highest BCUT2D eigenvalue weighted by atomic mass is 79.9. The van der Waals surface area contributed by atoms with E-state index in [1.165, 1.54) is 6.20 Å². The Morgan fingerprint density at radius 1 is 1.79 bits per heavy atom. The smallest absolute Gasteiger partial charge is 0.320 e. The minimum atomic E-state index is -1.05. The molecule has 1 aromatic rings. The van der Waals surface area contributed by atoms with Crippen LogP contribution >= 0.6 is 27.5 Å². The minimum absolute atomic E-state index is 0.174. The number of nitrogens with two attached hydrogens (primary N) is 1. The summed E-state index contributed by atoms with van der Waals surface area (Å²) in [5.41, 5.74) is 5.95. The summed E-state index contributed by atoms with van der Waals surface area (Å²) in [6.45, 7) is 0. The zero-order chi connectivity index (χ0) is 10.7. The van der Waals surface area contributed by atoms with Gasteiger partial charge in [-0.3, -0.25) is 9.78 Å². The fourth-order valence-corrected chi connectivity index (χ4v) is 1.69. The molecule has 1 rings (SSSR count). The normalized spacial score (nSPS) is 12.5. The van der Waals surface area contributed by atoms with Crippen molar-refractivity contribution < 1.29 is 9.90 Å². The molecule has 0 bridgehead atoms. The monoisotopic (exact) mass is 278 g/mol. The van der Waals surface area contributed by atoms with Gasteiger partial charge >= 0.3 is 5.97 Å². The van der Waals surface area contributed by atoms with Gasteiger partial charge in [0.1, 0.15) is 6.04 Å². The van der Waals surface area contributed by atoms with Crippen molar-refractivity contribution in [1.29, 1.82) is 0 Å². The van der Waals surface area contributed by atoms with Gasteiger partial charge in [-0.1, -0.05) is 11.6 Å². The molecule has 0 aromatic carbocycles.